The Morgan fingerprint density at radius 1 is 1.09 bits per heavy atom. The van der Waals surface area contributed by atoms with Crippen LogP contribution in [0.5, 0.6) is 11.5 Å². The average molecular weight is 385 g/mol. The molecule has 116 valence electrons. The average Bonchev–Trinajstić information content (AvgIpc) is 2.98. The van der Waals surface area contributed by atoms with Gasteiger partial charge in [-0.2, -0.15) is 0 Å². The molecule has 7 heteroatoms. The van der Waals surface area contributed by atoms with Crippen LogP contribution in [0.3, 0.4) is 0 Å². The van der Waals surface area contributed by atoms with Gasteiger partial charge in [-0.15, -0.1) is 11.3 Å². The molecule has 1 aromatic heterocycles. The van der Waals surface area contributed by atoms with E-state index in [1.165, 1.54) is 37.7 Å². The highest BCUT2D eigenvalue weighted by atomic mass is 79.9. The minimum absolute atomic E-state index is 0.251. The highest BCUT2D eigenvalue weighted by Crippen LogP contribution is 2.24. The molecule has 0 saturated heterocycles. The summed E-state index contributed by atoms with van der Waals surface area (Å²) in [5, 5.41) is 0. The fourth-order valence-electron chi connectivity index (χ4n) is 1.67. The van der Waals surface area contributed by atoms with Crippen molar-refractivity contribution in [2.75, 3.05) is 20.8 Å². The number of ether oxygens (including phenoxy) is 3. The molecule has 1 aromatic carbocycles. The molecule has 2 aromatic rings. The molecular weight excluding hydrogens is 372 g/mol. The van der Waals surface area contributed by atoms with Gasteiger partial charge in [0.15, 0.2) is 6.61 Å². The third kappa shape index (κ3) is 4.08. The highest BCUT2D eigenvalue weighted by molar-refractivity contribution is 9.11. The van der Waals surface area contributed by atoms with Crippen LogP contribution >= 0.6 is 27.3 Å². The van der Waals surface area contributed by atoms with Crippen molar-refractivity contribution in [1.29, 1.82) is 0 Å². The summed E-state index contributed by atoms with van der Waals surface area (Å²) in [6, 6.07) is 8.14. The van der Waals surface area contributed by atoms with Gasteiger partial charge in [0.1, 0.15) is 11.5 Å². The number of halogens is 1. The highest BCUT2D eigenvalue weighted by Gasteiger charge is 2.15. The molecule has 0 N–H and O–H groups in total. The van der Waals surface area contributed by atoms with Gasteiger partial charge in [-0.1, -0.05) is 0 Å². The van der Waals surface area contributed by atoms with Crippen molar-refractivity contribution < 1.29 is 23.8 Å². The van der Waals surface area contributed by atoms with Crippen LogP contribution in [-0.2, 0) is 4.74 Å². The van der Waals surface area contributed by atoms with E-state index in [4.69, 9.17) is 14.2 Å². The fourth-order valence-corrected chi connectivity index (χ4v) is 2.99. The molecule has 0 aliphatic carbocycles. The molecule has 0 aliphatic heterocycles. The van der Waals surface area contributed by atoms with E-state index < -0.39 is 5.97 Å². The molecule has 0 fully saturated rings. The van der Waals surface area contributed by atoms with Crippen molar-refractivity contribution in [2.24, 2.45) is 0 Å². The Morgan fingerprint density at radius 2 is 1.73 bits per heavy atom. The van der Waals surface area contributed by atoms with Crippen LogP contribution < -0.4 is 9.47 Å². The first-order valence-corrected chi connectivity index (χ1v) is 7.83. The van der Waals surface area contributed by atoms with Crippen LogP contribution in [0.15, 0.2) is 34.1 Å². The molecule has 0 spiro atoms. The maximum absolute atomic E-state index is 12.0. The van der Waals surface area contributed by atoms with Crippen LogP contribution in [0.25, 0.3) is 0 Å². The second kappa shape index (κ2) is 7.42. The van der Waals surface area contributed by atoms with Crippen LogP contribution in [0.1, 0.15) is 20.0 Å². The molecule has 5 nitrogen and oxygen atoms in total. The first-order chi connectivity index (χ1) is 10.5. The molecule has 0 aliphatic rings. The van der Waals surface area contributed by atoms with E-state index in [-0.39, 0.29) is 18.0 Å². The van der Waals surface area contributed by atoms with Crippen LogP contribution in [0.4, 0.5) is 0 Å². The normalized spacial score (nSPS) is 10.1. The van der Waals surface area contributed by atoms with E-state index in [1.54, 1.807) is 18.2 Å². The number of thiophene rings is 1. The van der Waals surface area contributed by atoms with E-state index in [1.807, 2.05) is 0 Å². The van der Waals surface area contributed by atoms with Gasteiger partial charge in [-0.3, -0.25) is 4.79 Å². The van der Waals surface area contributed by atoms with E-state index >= 15 is 0 Å². The molecule has 1 heterocycles. The lowest BCUT2D eigenvalue weighted by atomic mass is 10.2. The van der Waals surface area contributed by atoms with Crippen molar-refractivity contribution in [3.63, 3.8) is 0 Å². The quantitative estimate of drug-likeness (QED) is 0.562. The molecule has 0 amide bonds. The first-order valence-electron chi connectivity index (χ1n) is 6.22. The molecule has 2 rings (SSSR count). The van der Waals surface area contributed by atoms with Gasteiger partial charge in [-0.05, 0) is 40.2 Å². The predicted molar refractivity (Wildman–Crippen MR) is 86.2 cm³/mol. The van der Waals surface area contributed by atoms with E-state index in [0.717, 1.165) is 3.79 Å². The predicted octanol–water partition coefficient (Wildman–Crippen LogP) is 3.57. The summed E-state index contributed by atoms with van der Waals surface area (Å²) >= 11 is 4.57. The number of carbonyl (C=O) groups excluding carboxylic acids is 2. The molecular formula is C15H13BrO5S. The van der Waals surface area contributed by atoms with Gasteiger partial charge in [0.25, 0.3) is 0 Å². The van der Waals surface area contributed by atoms with Crippen molar-refractivity contribution >= 4 is 39.0 Å². The fraction of sp³-hybridized carbons (Fsp3) is 0.200. The lowest BCUT2D eigenvalue weighted by Gasteiger charge is -2.08. The summed E-state index contributed by atoms with van der Waals surface area (Å²) in [6.45, 7) is -0.314. The minimum Gasteiger partial charge on any atom is -0.497 e. The van der Waals surface area contributed by atoms with E-state index in [0.29, 0.717) is 16.4 Å². The Morgan fingerprint density at radius 3 is 2.23 bits per heavy atom. The van der Waals surface area contributed by atoms with Gasteiger partial charge in [0.2, 0.25) is 5.78 Å². The number of methoxy groups -OCH3 is 2. The summed E-state index contributed by atoms with van der Waals surface area (Å²) in [5.74, 6) is 0.0831. The Labute approximate surface area is 139 Å². The zero-order valence-corrected chi connectivity index (χ0v) is 14.3. The summed E-state index contributed by atoms with van der Waals surface area (Å²) in [5.41, 5.74) is 0.261. The van der Waals surface area contributed by atoms with Gasteiger partial charge in [0.05, 0.1) is 28.4 Å². The topological polar surface area (TPSA) is 61.8 Å². The van der Waals surface area contributed by atoms with Crippen molar-refractivity contribution in [3.05, 3.63) is 44.6 Å². The second-order valence-corrected chi connectivity index (χ2v) is 6.67. The number of hydrogen-bond donors (Lipinski definition) is 0. The monoisotopic (exact) mass is 384 g/mol. The summed E-state index contributed by atoms with van der Waals surface area (Å²) < 4.78 is 16.1. The molecule has 0 atom stereocenters. The van der Waals surface area contributed by atoms with Gasteiger partial charge < -0.3 is 14.2 Å². The Hall–Kier alpha value is -1.86. The van der Waals surface area contributed by atoms with Crippen molar-refractivity contribution in [1.82, 2.24) is 0 Å². The van der Waals surface area contributed by atoms with E-state index in [9.17, 15) is 9.59 Å². The van der Waals surface area contributed by atoms with Crippen LogP contribution in [0, 0.1) is 0 Å². The largest absolute Gasteiger partial charge is 0.497 e. The number of benzene rings is 1. The SMILES string of the molecule is COc1cc(OC)cc(C(=O)OCC(=O)c2ccc(Br)s2)c1. The number of rotatable bonds is 6. The molecule has 0 saturated carbocycles. The molecule has 0 bridgehead atoms. The minimum atomic E-state index is -0.610. The molecule has 0 radical (unpaired) electrons. The maximum atomic E-state index is 12.0. The number of hydrogen-bond acceptors (Lipinski definition) is 6. The Bertz CT molecular complexity index is 673. The van der Waals surface area contributed by atoms with Crippen LogP contribution in [0.2, 0.25) is 0 Å². The Kier molecular flexibility index (Phi) is 5.57. The lowest BCUT2D eigenvalue weighted by Crippen LogP contribution is -2.13. The first kappa shape index (κ1) is 16.5. The summed E-state index contributed by atoms with van der Waals surface area (Å²) in [6.07, 6.45) is 0. The van der Waals surface area contributed by atoms with Crippen molar-refractivity contribution in [3.8, 4) is 11.5 Å². The number of esters is 1. The molecule has 0 unspecified atom stereocenters. The van der Waals surface area contributed by atoms with Gasteiger partial charge in [-0.25, -0.2) is 4.79 Å². The van der Waals surface area contributed by atoms with Gasteiger partial charge in [0, 0.05) is 6.07 Å². The van der Waals surface area contributed by atoms with E-state index in [2.05, 4.69) is 15.9 Å². The second-order valence-electron chi connectivity index (χ2n) is 4.20. The third-order valence-corrected chi connectivity index (χ3v) is 4.43. The summed E-state index contributed by atoms with van der Waals surface area (Å²) in [7, 11) is 2.98. The van der Waals surface area contributed by atoms with Crippen LogP contribution in [-0.4, -0.2) is 32.6 Å². The standard InChI is InChI=1S/C15H13BrO5S/c1-19-10-5-9(6-11(7-10)20-2)15(18)21-8-12(17)13-3-4-14(16)22-13/h3-7H,8H2,1-2H3. The zero-order valence-electron chi connectivity index (χ0n) is 11.9. The Balaban J connectivity index is 2.04. The summed E-state index contributed by atoms with van der Waals surface area (Å²) in [4.78, 5) is 24.5. The zero-order chi connectivity index (χ0) is 16.1. The number of ketones is 1. The smallest absolute Gasteiger partial charge is 0.338 e. The third-order valence-electron chi connectivity index (χ3n) is 2.77. The maximum Gasteiger partial charge on any atom is 0.338 e. The van der Waals surface area contributed by atoms with Gasteiger partial charge >= 0.3 is 5.97 Å². The van der Waals surface area contributed by atoms with Crippen molar-refractivity contribution in [2.45, 2.75) is 0 Å². The number of Topliss-reactive ketones (excluding diaryl/α,β-unsaturated/α-hetero) is 1. The molecule has 22 heavy (non-hydrogen) atoms. The number of carbonyl (C=O) groups is 2. The lowest BCUT2D eigenvalue weighted by molar-refractivity contribution is 0.0475.